The van der Waals surface area contributed by atoms with E-state index in [0.29, 0.717) is 56.5 Å². The molecule has 1 spiro atoms. The lowest BCUT2D eigenvalue weighted by molar-refractivity contribution is -0.133. The van der Waals surface area contributed by atoms with Gasteiger partial charge in [0.2, 0.25) is 5.91 Å². The van der Waals surface area contributed by atoms with Gasteiger partial charge in [-0.1, -0.05) is 19.9 Å². The van der Waals surface area contributed by atoms with Crippen molar-refractivity contribution in [3.63, 3.8) is 0 Å². The molecule has 4 saturated heterocycles. The highest BCUT2D eigenvalue weighted by molar-refractivity contribution is 5.98. The molecule has 2 N–H and O–H groups in total. The highest BCUT2D eigenvalue weighted by atomic mass is 19.1. The number of hydrogen-bond donors (Lipinski definition) is 2. The lowest BCUT2D eigenvalue weighted by atomic mass is 9.79. The van der Waals surface area contributed by atoms with Crippen molar-refractivity contribution in [3.8, 4) is 11.8 Å². The Morgan fingerprint density at radius 1 is 1.13 bits per heavy atom. The zero-order valence-corrected chi connectivity index (χ0v) is 26.4. The fraction of sp³-hybridized carbons (Fsp3) is 0.571. The van der Waals surface area contributed by atoms with Crippen LogP contribution >= 0.6 is 0 Å². The molecule has 6 heterocycles. The van der Waals surface area contributed by atoms with Gasteiger partial charge in [0.25, 0.3) is 0 Å². The largest absolute Gasteiger partial charge is 0.508 e. The summed E-state index contributed by atoms with van der Waals surface area (Å²) in [6.45, 7) is 9.91. The molecule has 0 saturated carbocycles. The SMILES string of the molecule is CCc1c(F)ccc2cc(O)cc(N3CCc4c(nc(OC[C@@]56CCCN5C[C@H](C)C6)nc4N4CCCC5(CC(=O)N5)C4)C3)c12. The highest BCUT2D eigenvalue weighted by Gasteiger charge is 2.48. The second kappa shape index (κ2) is 10.7. The maximum absolute atomic E-state index is 15.0. The van der Waals surface area contributed by atoms with E-state index in [4.69, 9.17) is 14.7 Å². The summed E-state index contributed by atoms with van der Waals surface area (Å²) in [6, 6.07) is 7.12. The zero-order chi connectivity index (χ0) is 30.9. The lowest BCUT2D eigenvalue weighted by Crippen LogP contribution is -2.68. The van der Waals surface area contributed by atoms with E-state index in [2.05, 4.69) is 26.9 Å². The monoisotopic (exact) mass is 614 g/mol. The Hall–Kier alpha value is -3.66. The fourth-order valence-corrected chi connectivity index (χ4v) is 9.16. The predicted molar refractivity (Wildman–Crippen MR) is 171 cm³/mol. The summed E-state index contributed by atoms with van der Waals surface area (Å²) < 4.78 is 21.6. The fourth-order valence-electron chi connectivity index (χ4n) is 9.16. The number of nitrogens with zero attached hydrogens (tertiary/aromatic N) is 5. The van der Waals surface area contributed by atoms with E-state index in [0.717, 1.165) is 85.4 Å². The minimum Gasteiger partial charge on any atom is -0.508 e. The van der Waals surface area contributed by atoms with Crippen LogP contribution in [0.15, 0.2) is 24.3 Å². The van der Waals surface area contributed by atoms with E-state index in [1.54, 1.807) is 18.2 Å². The number of amides is 1. The normalized spacial score (nSPS) is 27.9. The number of rotatable bonds is 6. The number of ether oxygens (including phenoxy) is 1. The number of β-lactam (4-membered cyclic amide) rings is 1. The van der Waals surface area contributed by atoms with Gasteiger partial charge in [0, 0.05) is 48.9 Å². The van der Waals surface area contributed by atoms with E-state index in [-0.39, 0.29) is 28.6 Å². The van der Waals surface area contributed by atoms with E-state index < -0.39 is 0 Å². The lowest BCUT2D eigenvalue weighted by Gasteiger charge is -2.49. The molecule has 3 aromatic rings. The molecule has 238 valence electrons. The van der Waals surface area contributed by atoms with Crippen molar-refractivity contribution in [2.24, 2.45) is 5.92 Å². The Kier molecular flexibility index (Phi) is 6.85. The minimum atomic E-state index is -0.224. The topological polar surface area (TPSA) is 94.1 Å². The van der Waals surface area contributed by atoms with Crippen LogP contribution in [-0.4, -0.2) is 76.3 Å². The van der Waals surface area contributed by atoms with Crippen LogP contribution in [0, 0.1) is 11.7 Å². The molecule has 5 aliphatic heterocycles. The quantitative estimate of drug-likeness (QED) is 0.386. The van der Waals surface area contributed by atoms with Crippen LogP contribution in [0.1, 0.15) is 69.2 Å². The Morgan fingerprint density at radius 2 is 1.98 bits per heavy atom. The van der Waals surface area contributed by atoms with Crippen LogP contribution in [0.3, 0.4) is 0 Å². The zero-order valence-electron chi connectivity index (χ0n) is 26.4. The van der Waals surface area contributed by atoms with Crippen molar-refractivity contribution >= 4 is 28.2 Å². The molecule has 0 bridgehead atoms. The van der Waals surface area contributed by atoms with Gasteiger partial charge < -0.3 is 25.0 Å². The van der Waals surface area contributed by atoms with Gasteiger partial charge >= 0.3 is 6.01 Å². The number of phenolic OH excluding ortho intramolecular Hbond substituents is 1. The van der Waals surface area contributed by atoms with Gasteiger partial charge in [-0.15, -0.1) is 0 Å². The maximum atomic E-state index is 15.0. The Bertz CT molecular complexity index is 1670. The van der Waals surface area contributed by atoms with Crippen LogP contribution in [-0.2, 0) is 24.2 Å². The van der Waals surface area contributed by atoms with Crippen LogP contribution in [0.2, 0.25) is 0 Å². The summed E-state index contributed by atoms with van der Waals surface area (Å²) >= 11 is 0. The highest BCUT2D eigenvalue weighted by Crippen LogP contribution is 2.43. The van der Waals surface area contributed by atoms with Gasteiger partial charge in [0.15, 0.2) is 0 Å². The van der Waals surface area contributed by atoms with E-state index in [1.165, 1.54) is 12.5 Å². The number of benzene rings is 2. The summed E-state index contributed by atoms with van der Waals surface area (Å²) in [5, 5.41) is 15.5. The smallest absolute Gasteiger partial charge is 0.318 e. The van der Waals surface area contributed by atoms with Crippen molar-refractivity contribution in [2.45, 2.75) is 82.8 Å². The van der Waals surface area contributed by atoms with Gasteiger partial charge in [-0.3, -0.25) is 9.69 Å². The standard InChI is InChI=1S/C35H43FN6O3/c1-3-25-27(36)7-6-23-14-24(43)15-29(31(23)25)40-13-8-26-28(19-40)37-33(45-21-35-10-5-12-42(35)18-22(2)16-35)38-32(26)41-11-4-9-34(20-41)17-30(44)39-34/h6-7,14-15,22,43H,3-5,8-13,16-21H2,1-2H3,(H,39,44)/t22-,34?,35+/m1/s1. The predicted octanol–water partition coefficient (Wildman–Crippen LogP) is 4.71. The molecule has 8 rings (SSSR count). The minimum absolute atomic E-state index is 0.0530. The maximum Gasteiger partial charge on any atom is 0.318 e. The number of aromatic hydroxyl groups is 1. The first-order valence-corrected chi connectivity index (χ1v) is 16.8. The van der Waals surface area contributed by atoms with Crippen molar-refractivity contribution in [3.05, 3.63) is 46.9 Å². The van der Waals surface area contributed by atoms with Crippen molar-refractivity contribution < 1.29 is 19.0 Å². The summed E-state index contributed by atoms with van der Waals surface area (Å²) in [5.74, 6) is 1.62. The second-order valence-corrected chi connectivity index (χ2v) is 14.3. The number of aromatic nitrogens is 2. The second-order valence-electron chi connectivity index (χ2n) is 14.3. The number of halogens is 1. The summed E-state index contributed by atoms with van der Waals surface area (Å²) in [6.07, 6.45) is 7.26. The first-order chi connectivity index (χ1) is 21.7. The number of aryl methyl sites for hydroxylation is 1. The van der Waals surface area contributed by atoms with Crippen molar-refractivity contribution in [1.82, 2.24) is 20.2 Å². The molecule has 1 unspecified atom stereocenters. The van der Waals surface area contributed by atoms with Gasteiger partial charge in [-0.2, -0.15) is 9.97 Å². The molecule has 4 fully saturated rings. The number of piperidine rings is 1. The number of hydrogen-bond acceptors (Lipinski definition) is 8. The van der Waals surface area contributed by atoms with Gasteiger partial charge in [0.1, 0.15) is 24.0 Å². The Balaban J connectivity index is 1.16. The van der Waals surface area contributed by atoms with Gasteiger partial charge in [0.05, 0.1) is 29.7 Å². The average Bonchev–Trinajstić information content (AvgIpc) is 3.54. The Labute approximate surface area is 263 Å². The van der Waals surface area contributed by atoms with E-state index in [1.807, 2.05) is 6.92 Å². The van der Waals surface area contributed by atoms with E-state index in [9.17, 15) is 9.90 Å². The number of carbonyl (C=O) groups excluding carboxylic acids is 1. The Morgan fingerprint density at radius 3 is 2.80 bits per heavy atom. The number of carbonyl (C=O) groups is 1. The number of phenols is 1. The molecule has 3 atom stereocenters. The molecule has 1 aromatic heterocycles. The van der Waals surface area contributed by atoms with Crippen LogP contribution in [0.4, 0.5) is 15.9 Å². The number of anilines is 2. The molecular weight excluding hydrogens is 571 g/mol. The molecule has 2 aromatic carbocycles. The first kappa shape index (κ1) is 28.8. The van der Waals surface area contributed by atoms with Gasteiger partial charge in [-0.05, 0) is 80.5 Å². The first-order valence-electron chi connectivity index (χ1n) is 16.8. The molecule has 5 aliphatic rings. The van der Waals surface area contributed by atoms with Crippen LogP contribution < -0.4 is 19.9 Å². The third-order valence-electron chi connectivity index (χ3n) is 11.1. The molecule has 0 radical (unpaired) electrons. The molecule has 1 amide bonds. The molecule has 9 nitrogen and oxygen atoms in total. The third-order valence-corrected chi connectivity index (χ3v) is 11.1. The molecule has 0 aliphatic carbocycles. The molecule has 10 heteroatoms. The summed E-state index contributed by atoms with van der Waals surface area (Å²) in [4.78, 5) is 29.3. The molecule has 45 heavy (non-hydrogen) atoms. The van der Waals surface area contributed by atoms with E-state index >= 15 is 4.39 Å². The van der Waals surface area contributed by atoms with Crippen LogP contribution in [0.5, 0.6) is 11.8 Å². The third kappa shape index (κ3) is 4.87. The number of fused-ring (bicyclic) bond motifs is 3. The molecular formula is C35H43FN6O3. The number of nitrogens with one attached hydrogen (secondary N) is 1. The van der Waals surface area contributed by atoms with Gasteiger partial charge in [-0.25, -0.2) is 4.39 Å². The van der Waals surface area contributed by atoms with Crippen LogP contribution in [0.25, 0.3) is 10.8 Å². The average molecular weight is 615 g/mol. The van der Waals surface area contributed by atoms with Crippen molar-refractivity contribution in [2.75, 3.05) is 49.1 Å². The summed E-state index contributed by atoms with van der Waals surface area (Å²) in [5.41, 5.74) is 3.38. The summed E-state index contributed by atoms with van der Waals surface area (Å²) in [7, 11) is 0. The van der Waals surface area contributed by atoms with Crippen molar-refractivity contribution in [1.29, 1.82) is 0 Å².